The Bertz CT molecular complexity index is 602. The molecule has 4 nitrogen and oxygen atoms in total. The third kappa shape index (κ3) is 2.14. The highest BCUT2D eigenvalue weighted by atomic mass is 19.1. The number of rotatable bonds is 2. The van der Waals surface area contributed by atoms with Crippen LogP contribution in [0.1, 0.15) is 37.1 Å². The Morgan fingerprint density at radius 2 is 2.05 bits per heavy atom. The van der Waals surface area contributed by atoms with Crippen LogP contribution in [0.15, 0.2) is 22.7 Å². The van der Waals surface area contributed by atoms with Gasteiger partial charge in [0, 0.05) is 0 Å². The van der Waals surface area contributed by atoms with E-state index < -0.39 is 5.54 Å². The Kier molecular flexibility index (Phi) is 2.86. The molecule has 1 aromatic carbocycles. The summed E-state index contributed by atoms with van der Waals surface area (Å²) >= 11 is 0. The van der Waals surface area contributed by atoms with E-state index in [2.05, 4.69) is 10.1 Å². The molecule has 1 aliphatic rings. The van der Waals surface area contributed by atoms with Crippen LogP contribution in [0.25, 0.3) is 11.5 Å². The van der Waals surface area contributed by atoms with Crippen molar-refractivity contribution >= 4 is 0 Å². The molecule has 0 amide bonds. The van der Waals surface area contributed by atoms with Crippen molar-refractivity contribution < 1.29 is 8.91 Å². The summed E-state index contributed by atoms with van der Waals surface area (Å²) in [5.41, 5.74) is 7.03. The fourth-order valence-electron chi connectivity index (χ4n) is 2.57. The number of aromatic nitrogens is 2. The van der Waals surface area contributed by atoms with E-state index in [0.717, 1.165) is 31.2 Å². The minimum atomic E-state index is -0.512. The van der Waals surface area contributed by atoms with Gasteiger partial charge >= 0.3 is 0 Å². The first kappa shape index (κ1) is 12.3. The van der Waals surface area contributed by atoms with Gasteiger partial charge in [0.05, 0.1) is 11.1 Å². The Balaban J connectivity index is 1.99. The monoisotopic (exact) mass is 261 g/mol. The molecule has 0 saturated heterocycles. The van der Waals surface area contributed by atoms with Gasteiger partial charge in [-0.15, -0.1) is 0 Å². The molecule has 2 aromatic rings. The molecule has 3 rings (SSSR count). The highest BCUT2D eigenvalue weighted by molar-refractivity contribution is 5.55. The van der Waals surface area contributed by atoms with Crippen LogP contribution < -0.4 is 5.73 Å². The van der Waals surface area contributed by atoms with Crippen LogP contribution >= 0.6 is 0 Å². The Morgan fingerprint density at radius 3 is 2.79 bits per heavy atom. The van der Waals surface area contributed by atoms with Gasteiger partial charge in [0.1, 0.15) is 5.82 Å². The first-order valence-corrected chi connectivity index (χ1v) is 6.48. The van der Waals surface area contributed by atoms with Gasteiger partial charge in [-0.3, -0.25) is 0 Å². The second-order valence-electron chi connectivity index (χ2n) is 5.27. The molecule has 19 heavy (non-hydrogen) atoms. The fraction of sp³-hybridized carbons (Fsp3) is 0.429. The topological polar surface area (TPSA) is 64.9 Å². The van der Waals surface area contributed by atoms with E-state index in [0.29, 0.717) is 11.4 Å². The van der Waals surface area contributed by atoms with Gasteiger partial charge < -0.3 is 10.3 Å². The number of halogens is 1. The van der Waals surface area contributed by atoms with Crippen LogP contribution in [0.5, 0.6) is 0 Å². The molecule has 0 radical (unpaired) electrons. The lowest BCUT2D eigenvalue weighted by molar-refractivity contribution is 0.372. The van der Waals surface area contributed by atoms with Gasteiger partial charge in [-0.1, -0.05) is 29.6 Å². The summed E-state index contributed by atoms with van der Waals surface area (Å²) < 4.78 is 19.0. The van der Waals surface area contributed by atoms with E-state index in [4.69, 9.17) is 10.3 Å². The molecule has 1 fully saturated rings. The van der Waals surface area contributed by atoms with Gasteiger partial charge in [-0.05, 0) is 31.9 Å². The normalized spacial score (nSPS) is 17.8. The minimum Gasteiger partial charge on any atom is -0.334 e. The maximum atomic E-state index is 13.8. The summed E-state index contributed by atoms with van der Waals surface area (Å²) in [6.07, 6.45) is 3.84. The third-order valence-corrected chi connectivity index (χ3v) is 3.72. The molecule has 0 aliphatic heterocycles. The van der Waals surface area contributed by atoms with E-state index in [-0.39, 0.29) is 11.7 Å². The molecular weight excluding hydrogens is 245 g/mol. The predicted molar refractivity (Wildman–Crippen MR) is 68.8 cm³/mol. The summed E-state index contributed by atoms with van der Waals surface area (Å²) in [5.74, 6) is 0.326. The van der Waals surface area contributed by atoms with Gasteiger partial charge in [-0.2, -0.15) is 4.98 Å². The minimum absolute atomic E-state index is 0.202. The third-order valence-electron chi connectivity index (χ3n) is 3.72. The highest BCUT2D eigenvalue weighted by Gasteiger charge is 2.36. The molecule has 1 saturated carbocycles. The molecule has 5 heteroatoms. The molecular formula is C14H16FN3O. The van der Waals surface area contributed by atoms with Crippen molar-refractivity contribution in [3.05, 3.63) is 35.4 Å². The van der Waals surface area contributed by atoms with Crippen molar-refractivity contribution in [3.63, 3.8) is 0 Å². The maximum Gasteiger partial charge on any atom is 0.260 e. The number of benzene rings is 1. The van der Waals surface area contributed by atoms with Crippen molar-refractivity contribution in [1.82, 2.24) is 10.1 Å². The van der Waals surface area contributed by atoms with E-state index in [1.807, 2.05) is 6.92 Å². The SMILES string of the molecule is Cc1ccc(F)c(-c2nc(C3(N)CCCC3)no2)c1. The van der Waals surface area contributed by atoms with Crippen molar-refractivity contribution in [1.29, 1.82) is 0 Å². The van der Waals surface area contributed by atoms with Crippen LogP contribution in [0.4, 0.5) is 4.39 Å². The largest absolute Gasteiger partial charge is 0.334 e. The van der Waals surface area contributed by atoms with Crippen LogP contribution in [-0.4, -0.2) is 10.1 Å². The average molecular weight is 261 g/mol. The van der Waals surface area contributed by atoms with E-state index in [1.165, 1.54) is 6.07 Å². The zero-order valence-electron chi connectivity index (χ0n) is 10.8. The van der Waals surface area contributed by atoms with Crippen molar-refractivity contribution in [2.75, 3.05) is 0 Å². The fourth-order valence-corrected chi connectivity index (χ4v) is 2.57. The summed E-state index contributed by atoms with van der Waals surface area (Å²) in [5, 5.41) is 3.94. The number of aryl methyl sites for hydroxylation is 1. The highest BCUT2D eigenvalue weighted by Crippen LogP contribution is 2.35. The molecule has 0 unspecified atom stereocenters. The zero-order valence-corrected chi connectivity index (χ0v) is 10.8. The van der Waals surface area contributed by atoms with Crippen LogP contribution in [0.3, 0.4) is 0 Å². The first-order chi connectivity index (χ1) is 9.08. The summed E-state index contributed by atoms with van der Waals surface area (Å²) in [4.78, 5) is 4.29. The smallest absolute Gasteiger partial charge is 0.260 e. The lowest BCUT2D eigenvalue weighted by Gasteiger charge is -2.17. The van der Waals surface area contributed by atoms with E-state index >= 15 is 0 Å². The van der Waals surface area contributed by atoms with Crippen molar-refractivity contribution in [2.24, 2.45) is 5.73 Å². The van der Waals surface area contributed by atoms with E-state index in [9.17, 15) is 4.39 Å². The van der Waals surface area contributed by atoms with Crippen molar-refractivity contribution in [2.45, 2.75) is 38.1 Å². The van der Waals surface area contributed by atoms with Crippen molar-refractivity contribution in [3.8, 4) is 11.5 Å². The zero-order chi connectivity index (χ0) is 13.5. The number of nitrogens with zero attached hydrogens (tertiary/aromatic N) is 2. The average Bonchev–Trinajstić information content (AvgIpc) is 3.02. The summed E-state index contributed by atoms with van der Waals surface area (Å²) in [6, 6.07) is 4.81. The van der Waals surface area contributed by atoms with Gasteiger partial charge in [0.2, 0.25) is 0 Å². The predicted octanol–water partition coefficient (Wildman–Crippen LogP) is 2.91. The second kappa shape index (κ2) is 4.42. The molecule has 1 aliphatic carbocycles. The molecule has 100 valence electrons. The number of hydrogen-bond donors (Lipinski definition) is 1. The lowest BCUT2D eigenvalue weighted by Crippen LogP contribution is -2.34. The Hall–Kier alpha value is -1.75. The first-order valence-electron chi connectivity index (χ1n) is 6.48. The molecule has 1 heterocycles. The van der Waals surface area contributed by atoms with E-state index in [1.54, 1.807) is 12.1 Å². The summed E-state index contributed by atoms with van der Waals surface area (Å²) in [7, 11) is 0. The molecule has 0 spiro atoms. The molecule has 1 aromatic heterocycles. The maximum absolute atomic E-state index is 13.8. The second-order valence-corrected chi connectivity index (χ2v) is 5.27. The number of hydrogen-bond acceptors (Lipinski definition) is 4. The van der Waals surface area contributed by atoms with Crippen LogP contribution in [-0.2, 0) is 5.54 Å². The Morgan fingerprint density at radius 1 is 1.32 bits per heavy atom. The molecule has 0 bridgehead atoms. The molecule has 0 atom stereocenters. The van der Waals surface area contributed by atoms with Crippen LogP contribution in [0, 0.1) is 12.7 Å². The Labute approximate surface area is 110 Å². The van der Waals surface area contributed by atoms with Gasteiger partial charge in [-0.25, -0.2) is 4.39 Å². The quantitative estimate of drug-likeness (QED) is 0.902. The summed E-state index contributed by atoms with van der Waals surface area (Å²) in [6.45, 7) is 1.89. The molecule has 2 N–H and O–H groups in total. The standard InChI is InChI=1S/C14H16FN3O/c1-9-4-5-11(15)10(8-9)12-17-13(18-19-12)14(16)6-2-3-7-14/h4-5,8H,2-3,6-7,16H2,1H3. The lowest BCUT2D eigenvalue weighted by atomic mass is 9.98. The number of nitrogens with two attached hydrogens (primary N) is 1. The van der Waals surface area contributed by atoms with Gasteiger partial charge in [0.15, 0.2) is 5.82 Å². The van der Waals surface area contributed by atoms with Gasteiger partial charge in [0.25, 0.3) is 5.89 Å². The van der Waals surface area contributed by atoms with Crippen LogP contribution in [0.2, 0.25) is 0 Å².